The van der Waals surface area contributed by atoms with Gasteiger partial charge in [0.1, 0.15) is 11.9 Å². The number of carbonyl (C=O) groups excluding carboxylic acids is 2. The maximum Gasteiger partial charge on any atom is 0.305 e. The van der Waals surface area contributed by atoms with E-state index in [2.05, 4.69) is 54.2 Å². The Morgan fingerprint density at radius 1 is 1.29 bits per heavy atom. The molecule has 2 N–H and O–H groups in total. The summed E-state index contributed by atoms with van der Waals surface area (Å²) in [6, 6.07) is 10.5. The van der Waals surface area contributed by atoms with E-state index in [-0.39, 0.29) is 31.3 Å². The van der Waals surface area contributed by atoms with Crippen LogP contribution in [0, 0.1) is 17.8 Å². The number of ether oxygens (including phenoxy) is 1. The van der Waals surface area contributed by atoms with Gasteiger partial charge in [-0.2, -0.15) is 0 Å². The number of allylic oxidation sites excluding steroid dienone is 3. The molecule has 3 rings (SSSR count). The fourth-order valence-corrected chi connectivity index (χ4v) is 5.77. The third-order valence-electron chi connectivity index (χ3n) is 6.55. The summed E-state index contributed by atoms with van der Waals surface area (Å²) in [6.45, 7) is 2.15. The minimum absolute atomic E-state index is 0. The van der Waals surface area contributed by atoms with E-state index < -0.39 is 0 Å². The second-order valence-corrected chi connectivity index (χ2v) is 9.88. The molecule has 0 saturated heterocycles. The SMILES string of the molecule is C.CC[C@@H]1CC(=O)[C@H](C/C=C\CCCC(=O)OC)C1/C=C/C(Cc1cc2ccccc2s1)ON. The molecular formula is C28H39NO4S. The van der Waals surface area contributed by atoms with Gasteiger partial charge in [0.15, 0.2) is 0 Å². The van der Waals surface area contributed by atoms with Crippen LogP contribution in [-0.2, 0) is 25.6 Å². The standard InChI is InChI=1S/C27H35NO4S.CH4/c1-3-19-17-25(29)24(11-6-4-5-7-13-27(30)31-2)23(19)15-14-21(32-28)18-22-16-20-10-8-9-12-26(20)33-22;/h4,6,8-10,12,14-16,19,21,23-24H,3,5,7,11,13,17-18,28H2,1-2H3;1H4/b6-4-,15-14+;/t19-,21?,23?,24-;/m1./s1. The van der Waals surface area contributed by atoms with Gasteiger partial charge in [0.25, 0.3) is 0 Å². The lowest BCUT2D eigenvalue weighted by atomic mass is 9.85. The highest BCUT2D eigenvalue weighted by Crippen LogP contribution is 2.40. The van der Waals surface area contributed by atoms with Crippen molar-refractivity contribution in [1.82, 2.24) is 0 Å². The number of rotatable bonds is 12. The molecule has 1 aliphatic rings. The van der Waals surface area contributed by atoms with Crippen LogP contribution in [0.25, 0.3) is 10.1 Å². The highest BCUT2D eigenvalue weighted by atomic mass is 32.1. The smallest absolute Gasteiger partial charge is 0.305 e. The number of Topliss-reactive ketones (excluding diaryl/α,β-unsaturated/α-hetero) is 1. The highest BCUT2D eigenvalue weighted by Gasteiger charge is 2.39. The molecule has 1 fully saturated rings. The first-order valence-corrected chi connectivity index (χ1v) is 12.6. The van der Waals surface area contributed by atoms with E-state index in [0.29, 0.717) is 31.0 Å². The zero-order valence-corrected chi connectivity index (χ0v) is 20.4. The normalized spacial score (nSPS) is 21.4. The largest absolute Gasteiger partial charge is 0.469 e. The summed E-state index contributed by atoms with van der Waals surface area (Å²) in [5.41, 5.74) is 0. The predicted octanol–water partition coefficient (Wildman–Crippen LogP) is 6.42. The average Bonchev–Trinajstić information content (AvgIpc) is 3.38. The molecule has 2 unspecified atom stereocenters. The number of fused-ring (bicyclic) bond motifs is 1. The van der Waals surface area contributed by atoms with Gasteiger partial charge in [-0.3, -0.25) is 14.4 Å². The van der Waals surface area contributed by atoms with Gasteiger partial charge < -0.3 is 4.74 Å². The minimum atomic E-state index is -0.221. The topological polar surface area (TPSA) is 78.6 Å². The lowest BCUT2D eigenvalue weighted by molar-refractivity contribution is -0.140. The first kappa shape index (κ1) is 28.0. The average molecular weight is 486 g/mol. The van der Waals surface area contributed by atoms with Crippen LogP contribution in [0.15, 0.2) is 54.6 Å². The van der Waals surface area contributed by atoms with Crippen molar-refractivity contribution < 1.29 is 19.2 Å². The second kappa shape index (κ2) is 14.2. The molecule has 1 aromatic heterocycles. The molecule has 0 spiro atoms. The Kier molecular flexibility index (Phi) is 11.7. The number of nitrogens with two attached hydrogens (primary N) is 1. The monoisotopic (exact) mass is 485 g/mol. The maximum atomic E-state index is 12.7. The molecule has 1 heterocycles. The summed E-state index contributed by atoms with van der Waals surface area (Å²) >= 11 is 1.76. The number of carbonyl (C=O) groups is 2. The van der Waals surface area contributed by atoms with Crippen molar-refractivity contribution >= 4 is 33.2 Å². The van der Waals surface area contributed by atoms with Crippen molar-refractivity contribution in [3.05, 3.63) is 59.5 Å². The van der Waals surface area contributed by atoms with Crippen LogP contribution in [0.4, 0.5) is 0 Å². The summed E-state index contributed by atoms with van der Waals surface area (Å²) in [7, 11) is 1.41. The molecule has 1 saturated carbocycles. The van der Waals surface area contributed by atoms with Gasteiger partial charge >= 0.3 is 5.97 Å². The summed E-state index contributed by atoms with van der Waals surface area (Å²) in [5, 5.41) is 1.24. The number of methoxy groups -OCH3 is 1. The molecule has 1 aromatic carbocycles. The zero-order valence-electron chi connectivity index (χ0n) is 19.6. The fraction of sp³-hybridized carbons (Fsp3) is 0.500. The van der Waals surface area contributed by atoms with Crippen molar-refractivity contribution in [3.63, 3.8) is 0 Å². The molecule has 0 radical (unpaired) electrons. The lowest BCUT2D eigenvalue weighted by Crippen LogP contribution is -2.19. The number of hydrogen-bond donors (Lipinski definition) is 1. The Morgan fingerprint density at radius 2 is 2.09 bits per heavy atom. The third kappa shape index (κ3) is 7.62. The van der Waals surface area contributed by atoms with Crippen molar-refractivity contribution in [1.29, 1.82) is 0 Å². The van der Waals surface area contributed by atoms with E-state index in [1.54, 1.807) is 11.3 Å². The summed E-state index contributed by atoms with van der Waals surface area (Å²) in [4.78, 5) is 30.4. The first-order chi connectivity index (χ1) is 16.0. The molecule has 5 nitrogen and oxygen atoms in total. The Balaban J connectivity index is 0.00000408. The molecule has 4 atom stereocenters. The molecule has 0 amide bonds. The molecule has 0 aliphatic heterocycles. The lowest BCUT2D eigenvalue weighted by Gasteiger charge is -2.20. The number of unbranched alkanes of at least 4 members (excludes halogenated alkanes) is 1. The predicted molar refractivity (Wildman–Crippen MR) is 140 cm³/mol. The van der Waals surface area contributed by atoms with E-state index in [4.69, 9.17) is 10.7 Å². The zero-order chi connectivity index (χ0) is 23.6. The second-order valence-electron chi connectivity index (χ2n) is 8.71. The van der Waals surface area contributed by atoms with Gasteiger partial charge in [-0.1, -0.05) is 63.3 Å². The van der Waals surface area contributed by atoms with Crippen LogP contribution in [0.1, 0.15) is 57.8 Å². The number of hydrogen-bond acceptors (Lipinski definition) is 6. The Labute approximate surface area is 208 Å². The van der Waals surface area contributed by atoms with Gasteiger partial charge in [0.2, 0.25) is 0 Å². The molecule has 1 aliphatic carbocycles. The molecular weight excluding hydrogens is 446 g/mol. The van der Waals surface area contributed by atoms with Crippen LogP contribution in [0.5, 0.6) is 0 Å². The third-order valence-corrected chi connectivity index (χ3v) is 7.69. The van der Waals surface area contributed by atoms with Crippen molar-refractivity contribution in [2.75, 3.05) is 7.11 Å². The Bertz CT molecular complexity index is 947. The van der Waals surface area contributed by atoms with E-state index in [1.165, 1.54) is 22.1 Å². The highest BCUT2D eigenvalue weighted by molar-refractivity contribution is 7.19. The van der Waals surface area contributed by atoms with Gasteiger partial charge in [0.05, 0.1) is 7.11 Å². The Hall–Kier alpha value is -2.28. The fourth-order valence-electron chi connectivity index (χ4n) is 4.66. The number of esters is 1. The summed E-state index contributed by atoms with van der Waals surface area (Å²) < 4.78 is 5.93. The Morgan fingerprint density at radius 3 is 2.79 bits per heavy atom. The molecule has 0 bridgehead atoms. The molecule has 186 valence electrons. The van der Waals surface area contributed by atoms with E-state index in [0.717, 1.165) is 25.7 Å². The van der Waals surface area contributed by atoms with Crippen molar-refractivity contribution in [2.24, 2.45) is 23.7 Å². The first-order valence-electron chi connectivity index (χ1n) is 11.8. The quantitative estimate of drug-likeness (QED) is 0.162. The van der Waals surface area contributed by atoms with Crippen LogP contribution in [-0.4, -0.2) is 25.0 Å². The number of thiophene rings is 1. The molecule has 6 heteroatoms. The van der Waals surface area contributed by atoms with Gasteiger partial charge in [-0.25, -0.2) is 5.90 Å². The van der Waals surface area contributed by atoms with E-state index >= 15 is 0 Å². The maximum absolute atomic E-state index is 12.7. The van der Waals surface area contributed by atoms with Crippen molar-refractivity contribution in [3.8, 4) is 0 Å². The van der Waals surface area contributed by atoms with Crippen molar-refractivity contribution in [2.45, 2.75) is 65.4 Å². The van der Waals surface area contributed by atoms with Gasteiger partial charge in [-0.15, -0.1) is 11.3 Å². The van der Waals surface area contributed by atoms with Crippen LogP contribution in [0.3, 0.4) is 0 Å². The van der Waals surface area contributed by atoms with Gasteiger partial charge in [-0.05, 0) is 48.6 Å². The summed E-state index contributed by atoms with van der Waals surface area (Å²) in [6.07, 6.45) is 13.2. The minimum Gasteiger partial charge on any atom is -0.469 e. The number of ketones is 1. The van der Waals surface area contributed by atoms with Crippen LogP contribution in [0.2, 0.25) is 0 Å². The summed E-state index contributed by atoms with van der Waals surface area (Å²) in [5.74, 6) is 6.33. The van der Waals surface area contributed by atoms with E-state index in [1.807, 2.05) is 12.1 Å². The molecule has 2 aromatic rings. The van der Waals surface area contributed by atoms with Crippen LogP contribution < -0.4 is 5.90 Å². The van der Waals surface area contributed by atoms with E-state index in [9.17, 15) is 9.59 Å². The molecule has 34 heavy (non-hydrogen) atoms. The van der Waals surface area contributed by atoms with Gasteiger partial charge in [0, 0.05) is 34.8 Å². The number of benzene rings is 1. The van der Waals surface area contributed by atoms with Crippen LogP contribution >= 0.6 is 11.3 Å².